The van der Waals surface area contributed by atoms with E-state index in [4.69, 9.17) is 11.6 Å². The normalized spacial score (nSPS) is 10.7. The minimum absolute atomic E-state index is 0.0442. The molecule has 7 heteroatoms. The van der Waals surface area contributed by atoms with Gasteiger partial charge in [-0.25, -0.2) is 4.68 Å². The average Bonchev–Trinajstić information content (AvgIpc) is 2.37. The lowest BCUT2D eigenvalue weighted by atomic mass is 10.2. The molecular formula is C13H21ClN4O2. The topological polar surface area (TPSA) is 76.0 Å². The molecule has 0 aliphatic heterocycles. The van der Waals surface area contributed by atoms with Crippen LogP contribution in [0.5, 0.6) is 0 Å². The van der Waals surface area contributed by atoms with Crippen LogP contribution in [0.4, 0.5) is 5.69 Å². The molecule has 1 aromatic heterocycles. The van der Waals surface area contributed by atoms with E-state index in [1.807, 2.05) is 20.8 Å². The van der Waals surface area contributed by atoms with Gasteiger partial charge in [-0.15, -0.1) is 0 Å². The van der Waals surface area contributed by atoms with Crippen molar-refractivity contribution in [2.45, 2.75) is 33.7 Å². The lowest BCUT2D eigenvalue weighted by Gasteiger charge is -2.11. The maximum atomic E-state index is 12.0. The summed E-state index contributed by atoms with van der Waals surface area (Å²) in [6.07, 6.45) is 1.84. The summed E-state index contributed by atoms with van der Waals surface area (Å²) in [4.78, 5) is 23.3. The monoisotopic (exact) mass is 300 g/mol. The highest BCUT2D eigenvalue weighted by Crippen LogP contribution is 2.15. The van der Waals surface area contributed by atoms with Crippen LogP contribution < -0.4 is 16.2 Å². The number of rotatable bonds is 7. The van der Waals surface area contributed by atoms with Crippen molar-refractivity contribution in [1.82, 2.24) is 15.1 Å². The van der Waals surface area contributed by atoms with Gasteiger partial charge in [-0.1, -0.05) is 25.4 Å². The summed E-state index contributed by atoms with van der Waals surface area (Å²) in [6, 6.07) is 0. The first-order chi connectivity index (χ1) is 9.45. The van der Waals surface area contributed by atoms with Crippen molar-refractivity contribution >= 4 is 23.2 Å². The van der Waals surface area contributed by atoms with Gasteiger partial charge in [0.25, 0.3) is 5.56 Å². The number of halogens is 1. The SMILES string of the molecule is CCNC(=O)CCNc1cnn(CC(C)C)c(=O)c1Cl. The minimum Gasteiger partial charge on any atom is -0.382 e. The first-order valence-electron chi connectivity index (χ1n) is 6.71. The molecule has 0 unspecified atom stereocenters. The molecule has 0 spiro atoms. The van der Waals surface area contributed by atoms with Crippen LogP contribution in [-0.4, -0.2) is 28.8 Å². The lowest BCUT2D eigenvalue weighted by Crippen LogP contribution is -2.27. The van der Waals surface area contributed by atoms with Gasteiger partial charge >= 0.3 is 0 Å². The van der Waals surface area contributed by atoms with Crippen molar-refractivity contribution in [1.29, 1.82) is 0 Å². The molecule has 1 amide bonds. The molecule has 1 aromatic rings. The van der Waals surface area contributed by atoms with Crippen LogP contribution in [0, 0.1) is 5.92 Å². The Morgan fingerprint density at radius 1 is 1.50 bits per heavy atom. The fourth-order valence-electron chi connectivity index (χ4n) is 1.66. The first-order valence-corrected chi connectivity index (χ1v) is 7.09. The highest BCUT2D eigenvalue weighted by Gasteiger charge is 2.10. The summed E-state index contributed by atoms with van der Waals surface area (Å²) in [6.45, 7) is 7.40. The quantitative estimate of drug-likeness (QED) is 0.800. The third kappa shape index (κ3) is 4.85. The average molecular weight is 301 g/mol. The van der Waals surface area contributed by atoms with E-state index in [1.165, 1.54) is 10.9 Å². The molecule has 1 rings (SSSR count). The van der Waals surface area contributed by atoms with Gasteiger partial charge in [-0.3, -0.25) is 9.59 Å². The molecule has 0 fully saturated rings. The van der Waals surface area contributed by atoms with Crippen molar-refractivity contribution in [3.05, 3.63) is 21.6 Å². The number of aromatic nitrogens is 2. The second-order valence-electron chi connectivity index (χ2n) is 4.88. The molecule has 6 nitrogen and oxygen atoms in total. The van der Waals surface area contributed by atoms with Gasteiger partial charge in [-0.05, 0) is 12.8 Å². The molecule has 0 radical (unpaired) electrons. The highest BCUT2D eigenvalue weighted by molar-refractivity contribution is 6.32. The Bertz CT molecular complexity index is 514. The van der Waals surface area contributed by atoms with Gasteiger partial charge in [0.1, 0.15) is 5.02 Å². The number of carbonyl (C=O) groups is 1. The minimum atomic E-state index is -0.316. The van der Waals surface area contributed by atoms with Gasteiger partial charge in [0.15, 0.2) is 0 Å². The number of nitrogens with one attached hydrogen (secondary N) is 2. The predicted molar refractivity (Wildman–Crippen MR) is 80.1 cm³/mol. The van der Waals surface area contributed by atoms with Crippen LogP contribution in [0.25, 0.3) is 0 Å². The standard InChI is InChI=1S/C13H21ClN4O2/c1-4-15-11(19)5-6-16-10-7-17-18(8-9(2)3)13(20)12(10)14/h7,9,16H,4-6,8H2,1-3H3,(H,15,19). The smallest absolute Gasteiger partial charge is 0.287 e. The zero-order valence-corrected chi connectivity index (χ0v) is 12.8. The first kappa shape index (κ1) is 16.5. The Hall–Kier alpha value is -1.56. The number of amides is 1. The Morgan fingerprint density at radius 2 is 2.20 bits per heavy atom. The largest absolute Gasteiger partial charge is 0.382 e. The second kappa shape index (κ2) is 7.89. The molecule has 0 aliphatic rings. The Kier molecular flexibility index (Phi) is 6.51. The van der Waals surface area contributed by atoms with E-state index in [-0.39, 0.29) is 16.5 Å². The number of hydrogen-bond donors (Lipinski definition) is 2. The number of anilines is 1. The summed E-state index contributed by atoms with van der Waals surface area (Å²) >= 11 is 6.02. The molecule has 0 atom stereocenters. The van der Waals surface area contributed by atoms with Crippen molar-refractivity contribution in [2.24, 2.45) is 5.92 Å². The third-order valence-electron chi connectivity index (χ3n) is 2.56. The number of nitrogens with zero attached hydrogens (tertiary/aromatic N) is 2. The summed E-state index contributed by atoms with van der Waals surface area (Å²) in [5, 5.41) is 9.83. The molecule has 112 valence electrons. The third-order valence-corrected chi connectivity index (χ3v) is 2.93. The van der Waals surface area contributed by atoms with E-state index < -0.39 is 0 Å². The molecule has 0 aliphatic carbocycles. The van der Waals surface area contributed by atoms with Gasteiger partial charge in [0.05, 0.1) is 11.9 Å². The van der Waals surface area contributed by atoms with Crippen molar-refractivity contribution in [3.8, 4) is 0 Å². The van der Waals surface area contributed by atoms with E-state index in [0.29, 0.717) is 37.7 Å². The van der Waals surface area contributed by atoms with Crippen LogP contribution in [-0.2, 0) is 11.3 Å². The Labute approximate surface area is 123 Å². The molecular weight excluding hydrogens is 280 g/mol. The summed E-state index contributed by atoms with van der Waals surface area (Å²) in [7, 11) is 0. The summed E-state index contributed by atoms with van der Waals surface area (Å²) < 4.78 is 1.35. The molecule has 20 heavy (non-hydrogen) atoms. The van der Waals surface area contributed by atoms with Gasteiger partial charge in [0, 0.05) is 26.1 Å². The Morgan fingerprint density at radius 3 is 2.80 bits per heavy atom. The van der Waals surface area contributed by atoms with Gasteiger partial charge in [-0.2, -0.15) is 5.10 Å². The maximum absolute atomic E-state index is 12.0. The predicted octanol–water partition coefficient (Wildman–Crippen LogP) is 1.49. The molecule has 0 saturated carbocycles. The van der Waals surface area contributed by atoms with Crippen molar-refractivity contribution in [3.63, 3.8) is 0 Å². The molecule has 0 aromatic carbocycles. The fraction of sp³-hybridized carbons (Fsp3) is 0.615. The number of hydrogen-bond acceptors (Lipinski definition) is 4. The lowest BCUT2D eigenvalue weighted by molar-refractivity contribution is -0.120. The second-order valence-corrected chi connectivity index (χ2v) is 5.26. The van der Waals surface area contributed by atoms with Crippen LogP contribution in [0.2, 0.25) is 5.02 Å². The molecule has 1 heterocycles. The summed E-state index contributed by atoms with van der Waals surface area (Å²) in [5.41, 5.74) is 0.143. The highest BCUT2D eigenvalue weighted by atomic mass is 35.5. The maximum Gasteiger partial charge on any atom is 0.287 e. The van der Waals surface area contributed by atoms with E-state index in [2.05, 4.69) is 15.7 Å². The molecule has 0 saturated heterocycles. The van der Waals surface area contributed by atoms with Crippen molar-refractivity contribution < 1.29 is 4.79 Å². The van der Waals surface area contributed by atoms with Crippen LogP contribution in [0.3, 0.4) is 0 Å². The van der Waals surface area contributed by atoms with Crippen LogP contribution in [0.15, 0.2) is 11.0 Å². The van der Waals surface area contributed by atoms with E-state index in [0.717, 1.165) is 0 Å². The van der Waals surface area contributed by atoms with Gasteiger partial charge in [0.2, 0.25) is 5.91 Å². The zero-order chi connectivity index (χ0) is 15.1. The van der Waals surface area contributed by atoms with E-state index in [9.17, 15) is 9.59 Å². The Balaban J connectivity index is 2.66. The van der Waals surface area contributed by atoms with E-state index in [1.54, 1.807) is 0 Å². The molecule has 2 N–H and O–H groups in total. The molecule has 0 bridgehead atoms. The van der Waals surface area contributed by atoms with Gasteiger partial charge < -0.3 is 10.6 Å². The van der Waals surface area contributed by atoms with Crippen LogP contribution in [0.1, 0.15) is 27.2 Å². The number of carbonyl (C=O) groups excluding carboxylic acids is 1. The van der Waals surface area contributed by atoms with E-state index >= 15 is 0 Å². The fourth-order valence-corrected chi connectivity index (χ4v) is 1.87. The summed E-state index contributed by atoms with van der Waals surface area (Å²) in [5.74, 6) is 0.269. The van der Waals surface area contributed by atoms with Crippen molar-refractivity contribution in [2.75, 3.05) is 18.4 Å². The zero-order valence-electron chi connectivity index (χ0n) is 12.1. The van der Waals surface area contributed by atoms with Crippen LogP contribution >= 0.6 is 11.6 Å².